The van der Waals surface area contributed by atoms with Crippen molar-refractivity contribution in [3.63, 3.8) is 0 Å². The predicted octanol–water partition coefficient (Wildman–Crippen LogP) is 1.42. The van der Waals surface area contributed by atoms with Crippen LogP contribution in [0.5, 0.6) is 0 Å². The quantitative estimate of drug-likeness (QED) is 0.726. The molecule has 78 valence electrons. The molecule has 0 amide bonds. The molecule has 1 aliphatic heterocycles. The number of nitrogens with one attached hydrogen (secondary N) is 1. The molecule has 3 heteroatoms. The molecule has 0 aromatic carbocycles. The summed E-state index contributed by atoms with van der Waals surface area (Å²) in [6, 6.07) is 1.48. The Morgan fingerprint density at radius 3 is 2.77 bits per heavy atom. The van der Waals surface area contributed by atoms with Crippen molar-refractivity contribution in [1.29, 1.82) is 0 Å². The van der Waals surface area contributed by atoms with E-state index in [0.717, 1.165) is 12.6 Å². The Morgan fingerprint density at radius 2 is 2.31 bits per heavy atom. The van der Waals surface area contributed by atoms with E-state index >= 15 is 0 Å². The number of hydrogen-bond acceptors (Lipinski definition) is 3. The van der Waals surface area contributed by atoms with Gasteiger partial charge in [0.05, 0.1) is 0 Å². The van der Waals surface area contributed by atoms with Gasteiger partial charge in [-0.3, -0.25) is 0 Å². The van der Waals surface area contributed by atoms with E-state index in [1.165, 1.54) is 24.3 Å². The molecule has 0 aliphatic carbocycles. The topological polar surface area (TPSA) is 15.3 Å². The highest BCUT2D eigenvalue weighted by Gasteiger charge is 2.16. The molecule has 1 saturated heterocycles. The fourth-order valence-corrected chi connectivity index (χ4v) is 2.88. The summed E-state index contributed by atoms with van der Waals surface area (Å²) in [4.78, 5) is 2.31. The molecule has 1 aliphatic rings. The van der Waals surface area contributed by atoms with Gasteiger partial charge in [0.1, 0.15) is 0 Å². The molecule has 2 unspecified atom stereocenters. The first kappa shape index (κ1) is 11.3. The van der Waals surface area contributed by atoms with Gasteiger partial charge < -0.3 is 10.2 Å². The lowest BCUT2D eigenvalue weighted by molar-refractivity contribution is 0.270. The summed E-state index contributed by atoms with van der Waals surface area (Å²) in [5.41, 5.74) is 0. The third-order valence-electron chi connectivity index (χ3n) is 2.77. The molecule has 0 bridgehead atoms. The smallest absolute Gasteiger partial charge is 0.0212 e. The lowest BCUT2D eigenvalue weighted by atomic mass is 10.2. The van der Waals surface area contributed by atoms with Gasteiger partial charge >= 0.3 is 0 Å². The van der Waals surface area contributed by atoms with Crippen molar-refractivity contribution in [1.82, 2.24) is 10.2 Å². The number of nitrogens with zero attached hydrogens (tertiary/aromatic N) is 1. The molecular formula is C10H22N2S. The van der Waals surface area contributed by atoms with Crippen LogP contribution in [0, 0.1) is 0 Å². The Hall–Kier alpha value is 0.270. The van der Waals surface area contributed by atoms with Crippen LogP contribution >= 0.6 is 11.8 Å². The minimum absolute atomic E-state index is 0.700. The van der Waals surface area contributed by atoms with Crippen molar-refractivity contribution in [3.8, 4) is 0 Å². The maximum absolute atomic E-state index is 3.65. The zero-order valence-electron chi connectivity index (χ0n) is 9.05. The molecule has 1 rings (SSSR count). The Kier molecular flexibility index (Phi) is 5.14. The Labute approximate surface area is 86.5 Å². The Balaban J connectivity index is 2.15. The lowest BCUT2D eigenvalue weighted by Gasteiger charge is -2.24. The zero-order chi connectivity index (χ0) is 9.68. The van der Waals surface area contributed by atoms with E-state index in [-0.39, 0.29) is 0 Å². The molecule has 0 radical (unpaired) electrons. The molecule has 1 fully saturated rings. The highest BCUT2D eigenvalue weighted by Crippen LogP contribution is 2.17. The van der Waals surface area contributed by atoms with Gasteiger partial charge in [0.15, 0.2) is 0 Å². The fraction of sp³-hybridized carbons (Fsp3) is 1.00. The highest BCUT2D eigenvalue weighted by molar-refractivity contribution is 7.99. The van der Waals surface area contributed by atoms with Gasteiger partial charge in [0, 0.05) is 24.4 Å². The average Bonchev–Trinajstić information content (AvgIpc) is 2.57. The fourth-order valence-electron chi connectivity index (χ4n) is 1.69. The number of hydrogen-bond donors (Lipinski definition) is 1. The van der Waals surface area contributed by atoms with Gasteiger partial charge in [-0.2, -0.15) is 11.8 Å². The van der Waals surface area contributed by atoms with E-state index in [4.69, 9.17) is 0 Å². The van der Waals surface area contributed by atoms with Gasteiger partial charge in [-0.1, -0.05) is 6.92 Å². The van der Waals surface area contributed by atoms with Crippen LogP contribution in [0.15, 0.2) is 0 Å². The van der Waals surface area contributed by atoms with Gasteiger partial charge in [-0.15, -0.1) is 0 Å². The van der Waals surface area contributed by atoms with Crippen molar-refractivity contribution < 1.29 is 0 Å². The standard InChI is InChI=1S/C10H22N2S/c1-4-10(12(2)3)7-11-9-5-6-13-8-9/h9-11H,4-8H2,1-3H3. The minimum atomic E-state index is 0.700. The first-order chi connectivity index (χ1) is 6.24. The molecule has 0 aromatic heterocycles. The summed E-state index contributed by atoms with van der Waals surface area (Å²) in [5, 5.41) is 3.65. The second kappa shape index (κ2) is 5.89. The van der Waals surface area contributed by atoms with Crippen LogP contribution in [-0.4, -0.2) is 49.1 Å². The molecular weight excluding hydrogens is 180 g/mol. The van der Waals surface area contributed by atoms with Crippen LogP contribution in [0.25, 0.3) is 0 Å². The molecule has 2 atom stereocenters. The first-order valence-corrected chi connectivity index (χ1v) is 6.37. The first-order valence-electron chi connectivity index (χ1n) is 5.21. The summed E-state index contributed by atoms with van der Waals surface area (Å²) in [5.74, 6) is 2.65. The summed E-state index contributed by atoms with van der Waals surface area (Å²) in [6.45, 7) is 3.41. The zero-order valence-corrected chi connectivity index (χ0v) is 9.86. The Morgan fingerprint density at radius 1 is 1.54 bits per heavy atom. The van der Waals surface area contributed by atoms with Gasteiger partial charge in [0.2, 0.25) is 0 Å². The molecule has 0 aromatic rings. The lowest BCUT2D eigenvalue weighted by Crippen LogP contribution is -2.41. The van der Waals surface area contributed by atoms with Crippen LogP contribution in [0.3, 0.4) is 0 Å². The third-order valence-corrected chi connectivity index (χ3v) is 3.94. The van der Waals surface area contributed by atoms with Crippen molar-refractivity contribution in [3.05, 3.63) is 0 Å². The van der Waals surface area contributed by atoms with Crippen LogP contribution in [0.1, 0.15) is 19.8 Å². The van der Waals surface area contributed by atoms with E-state index in [1.54, 1.807) is 0 Å². The van der Waals surface area contributed by atoms with Crippen LogP contribution in [-0.2, 0) is 0 Å². The minimum Gasteiger partial charge on any atom is -0.312 e. The van der Waals surface area contributed by atoms with Crippen molar-refractivity contribution >= 4 is 11.8 Å². The number of thioether (sulfide) groups is 1. The maximum Gasteiger partial charge on any atom is 0.0212 e. The SMILES string of the molecule is CCC(CNC1CCSC1)N(C)C. The van der Waals surface area contributed by atoms with E-state index in [2.05, 4.69) is 43.0 Å². The maximum atomic E-state index is 3.65. The van der Waals surface area contributed by atoms with Crippen LogP contribution in [0.4, 0.5) is 0 Å². The normalized spacial score (nSPS) is 25.4. The van der Waals surface area contributed by atoms with Gasteiger partial charge in [0.25, 0.3) is 0 Å². The van der Waals surface area contributed by atoms with Crippen molar-refractivity contribution in [2.45, 2.75) is 31.8 Å². The van der Waals surface area contributed by atoms with Crippen molar-refractivity contribution in [2.24, 2.45) is 0 Å². The molecule has 0 spiro atoms. The largest absolute Gasteiger partial charge is 0.312 e. The molecule has 1 N–H and O–H groups in total. The summed E-state index contributed by atoms with van der Waals surface area (Å²) in [6.07, 6.45) is 2.59. The van der Waals surface area contributed by atoms with E-state index in [0.29, 0.717) is 6.04 Å². The van der Waals surface area contributed by atoms with E-state index in [1.807, 2.05) is 0 Å². The molecule has 0 saturated carbocycles. The second-order valence-corrected chi connectivity index (χ2v) is 5.14. The predicted molar refractivity (Wildman–Crippen MR) is 61.5 cm³/mol. The Bertz CT molecular complexity index is 133. The summed E-state index contributed by atoms with van der Waals surface area (Å²) < 4.78 is 0. The summed E-state index contributed by atoms with van der Waals surface area (Å²) in [7, 11) is 4.33. The monoisotopic (exact) mass is 202 g/mol. The third kappa shape index (κ3) is 3.88. The molecule has 2 nitrogen and oxygen atoms in total. The molecule has 1 heterocycles. The summed E-state index contributed by atoms with van der Waals surface area (Å²) >= 11 is 2.07. The van der Waals surface area contributed by atoms with E-state index < -0.39 is 0 Å². The molecule has 13 heavy (non-hydrogen) atoms. The van der Waals surface area contributed by atoms with E-state index in [9.17, 15) is 0 Å². The second-order valence-electron chi connectivity index (χ2n) is 3.99. The highest BCUT2D eigenvalue weighted by atomic mass is 32.2. The number of likely N-dealkylation sites (N-methyl/N-ethyl adjacent to an activating group) is 1. The van der Waals surface area contributed by atoms with Crippen LogP contribution in [0.2, 0.25) is 0 Å². The van der Waals surface area contributed by atoms with Crippen LogP contribution < -0.4 is 5.32 Å². The number of rotatable bonds is 5. The average molecular weight is 202 g/mol. The van der Waals surface area contributed by atoms with Crippen molar-refractivity contribution in [2.75, 3.05) is 32.1 Å². The van der Waals surface area contributed by atoms with Gasteiger partial charge in [-0.05, 0) is 32.7 Å². The van der Waals surface area contributed by atoms with Gasteiger partial charge in [-0.25, -0.2) is 0 Å².